The Balaban J connectivity index is 2.13. The second-order valence-corrected chi connectivity index (χ2v) is 5.01. The van der Waals surface area contributed by atoms with Crippen molar-refractivity contribution >= 4 is 5.69 Å². The minimum atomic E-state index is 0.109. The summed E-state index contributed by atoms with van der Waals surface area (Å²) >= 11 is 0. The van der Waals surface area contributed by atoms with Gasteiger partial charge in [-0.3, -0.25) is 0 Å². The highest BCUT2D eigenvalue weighted by Crippen LogP contribution is 2.28. The van der Waals surface area contributed by atoms with E-state index in [1.54, 1.807) is 19.2 Å². The summed E-state index contributed by atoms with van der Waals surface area (Å²) in [6.07, 6.45) is 0.109. The summed E-state index contributed by atoms with van der Waals surface area (Å²) in [5, 5.41) is 13.2. The summed E-state index contributed by atoms with van der Waals surface area (Å²) in [5.74, 6) is 1.76. The highest BCUT2D eigenvalue weighted by atomic mass is 16.5. The highest BCUT2D eigenvalue weighted by molar-refractivity contribution is 5.57. The van der Waals surface area contributed by atoms with Gasteiger partial charge < -0.3 is 19.9 Å². The molecule has 0 fully saturated rings. The molecule has 2 rings (SSSR count). The van der Waals surface area contributed by atoms with E-state index < -0.39 is 0 Å². The molecule has 0 unspecified atom stereocenters. The van der Waals surface area contributed by atoms with Crippen molar-refractivity contribution in [1.29, 1.82) is 0 Å². The number of hydrogen-bond acceptors (Lipinski definition) is 4. The molecular formula is C17H21NO3. The lowest BCUT2D eigenvalue weighted by atomic mass is 10.2. The molecule has 0 atom stereocenters. The average Bonchev–Trinajstić information content (AvgIpc) is 2.47. The monoisotopic (exact) mass is 287 g/mol. The van der Waals surface area contributed by atoms with E-state index in [0.717, 1.165) is 22.7 Å². The Morgan fingerprint density at radius 2 is 1.90 bits per heavy atom. The van der Waals surface area contributed by atoms with E-state index in [-0.39, 0.29) is 11.9 Å². The first-order valence-corrected chi connectivity index (χ1v) is 6.95. The lowest BCUT2D eigenvalue weighted by Gasteiger charge is -2.16. The molecular weight excluding hydrogens is 266 g/mol. The van der Waals surface area contributed by atoms with Crippen LogP contribution in [0.4, 0.5) is 5.69 Å². The van der Waals surface area contributed by atoms with Crippen LogP contribution in [0.3, 0.4) is 0 Å². The Bertz CT molecular complexity index is 596. The van der Waals surface area contributed by atoms with Crippen molar-refractivity contribution in [2.75, 3.05) is 12.4 Å². The van der Waals surface area contributed by atoms with Gasteiger partial charge in [-0.25, -0.2) is 0 Å². The molecule has 0 aliphatic carbocycles. The molecule has 4 heteroatoms. The first-order valence-electron chi connectivity index (χ1n) is 6.95. The number of hydrogen-bond donors (Lipinski definition) is 2. The molecule has 0 saturated carbocycles. The van der Waals surface area contributed by atoms with Gasteiger partial charge in [-0.2, -0.15) is 0 Å². The van der Waals surface area contributed by atoms with Crippen LogP contribution in [-0.2, 0) is 6.54 Å². The maximum atomic E-state index is 9.90. The van der Waals surface area contributed by atoms with Crippen LogP contribution >= 0.6 is 0 Å². The fourth-order valence-corrected chi connectivity index (χ4v) is 1.99. The highest BCUT2D eigenvalue weighted by Gasteiger charge is 2.07. The summed E-state index contributed by atoms with van der Waals surface area (Å²) < 4.78 is 10.9. The summed E-state index contributed by atoms with van der Waals surface area (Å²) in [6, 6.07) is 12.9. The third kappa shape index (κ3) is 4.05. The Kier molecular flexibility index (Phi) is 4.93. The number of anilines is 1. The number of ether oxygens (including phenoxy) is 2. The Hall–Kier alpha value is -2.36. The van der Waals surface area contributed by atoms with Crippen LogP contribution in [0.5, 0.6) is 17.2 Å². The van der Waals surface area contributed by atoms with Gasteiger partial charge in [0.05, 0.1) is 18.9 Å². The van der Waals surface area contributed by atoms with Gasteiger partial charge in [0.1, 0.15) is 17.2 Å². The van der Waals surface area contributed by atoms with Crippen molar-refractivity contribution in [1.82, 2.24) is 0 Å². The fraction of sp³-hybridized carbons (Fsp3) is 0.294. The molecule has 0 radical (unpaired) electrons. The van der Waals surface area contributed by atoms with Crippen LogP contribution in [0.15, 0.2) is 42.5 Å². The fourth-order valence-electron chi connectivity index (χ4n) is 1.99. The standard InChI is InChI=1S/C17H21NO3/c1-12(2)21-17-7-5-4-6-15(17)18-11-13-10-14(20-3)8-9-16(13)19/h4-10,12,18-19H,11H2,1-3H3. The molecule has 0 heterocycles. The van der Waals surface area contributed by atoms with Crippen molar-refractivity contribution in [3.63, 3.8) is 0 Å². The van der Waals surface area contributed by atoms with Crippen molar-refractivity contribution in [3.8, 4) is 17.2 Å². The first kappa shape index (κ1) is 15.0. The minimum Gasteiger partial charge on any atom is -0.508 e. The third-order valence-electron chi connectivity index (χ3n) is 3.01. The molecule has 0 saturated heterocycles. The largest absolute Gasteiger partial charge is 0.508 e. The van der Waals surface area contributed by atoms with Gasteiger partial charge in [-0.15, -0.1) is 0 Å². The minimum absolute atomic E-state index is 0.109. The SMILES string of the molecule is COc1ccc(O)c(CNc2ccccc2OC(C)C)c1. The van der Waals surface area contributed by atoms with Gasteiger partial charge in [-0.05, 0) is 44.2 Å². The number of para-hydroxylation sites is 2. The zero-order valence-corrected chi connectivity index (χ0v) is 12.6. The predicted molar refractivity (Wildman–Crippen MR) is 84.2 cm³/mol. The molecule has 0 aliphatic rings. The van der Waals surface area contributed by atoms with Gasteiger partial charge in [0.2, 0.25) is 0 Å². The van der Waals surface area contributed by atoms with Crippen LogP contribution in [-0.4, -0.2) is 18.3 Å². The number of aromatic hydroxyl groups is 1. The lowest BCUT2D eigenvalue weighted by molar-refractivity contribution is 0.243. The van der Waals surface area contributed by atoms with E-state index >= 15 is 0 Å². The van der Waals surface area contributed by atoms with Gasteiger partial charge in [0.15, 0.2) is 0 Å². The van der Waals surface area contributed by atoms with Crippen molar-refractivity contribution in [2.24, 2.45) is 0 Å². The van der Waals surface area contributed by atoms with Crippen molar-refractivity contribution in [2.45, 2.75) is 26.5 Å². The van der Waals surface area contributed by atoms with Gasteiger partial charge >= 0.3 is 0 Å². The molecule has 2 aromatic rings. The van der Waals surface area contributed by atoms with E-state index in [2.05, 4.69) is 5.32 Å². The Labute approximate surface area is 125 Å². The van der Waals surface area contributed by atoms with E-state index in [1.807, 2.05) is 44.2 Å². The molecule has 0 bridgehead atoms. The normalized spacial score (nSPS) is 10.5. The molecule has 21 heavy (non-hydrogen) atoms. The molecule has 0 aliphatic heterocycles. The van der Waals surface area contributed by atoms with E-state index in [4.69, 9.17) is 9.47 Å². The zero-order valence-electron chi connectivity index (χ0n) is 12.6. The Morgan fingerprint density at radius 1 is 1.14 bits per heavy atom. The van der Waals surface area contributed by atoms with Crippen molar-refractivity contribution in [3.05, 3.63) is 48.0 Å². The first-order chi connectivity index (χ1) is 10.1. The maximum Gasteiger partial charge on any atom is 0.142 e. The van der Waals surface area contributed by atoms with Crippen LogP contribution in [0.2, 0.25) is 0 Å². The van der Waals surface area contributed by atoms with Crippen LogP contribution in [0, 0.1) is 0 Å². The number of methoxy groups -OCH3 is 1. The molecule has 0 amide bonds. The van der Waals surface area contributed by atoms with Crippen LogP contribution in [0.1, 0.15) is 19.4 Å². The smallest absolute Gasteiger partial charge is 0.142 e. The number of benzene rings is 2. The van der Waals surface area contributed by atoms with Gasteiger partial charge in [0, 0.05) is 12.1 Å². The summed E-state index contributed by atoms with van der Waals surface area (Å²) in [5.41, 5.74) is 1.67. The lowest BCUT2D eigenvalue weighted by Crippen LogP contribution is -2.08. The van der Waals surface area contributed by atoms with Crippen molar-refractivity contribution < 1.29 is 14.6 Å². The average molecular weight is 287 g/mol. The molecule has 112 valence electrons. The molecule has 2 aromatic carbocycles. The molecule has 0 spiro atoms. The quantitative estimate of drug-likeness (QED) is 0.848. The predicted octanol–water partition coefficient (Wildman–Crippen LogP) is 3.80. The number of rotatable bonds is 6. The van der Waals surface area contributed by atoms with Gasteiger partial charge in [0.25, 0.3) is 0 Å². The molecule has 2 N–H and O–H groups in total. The van der Waals surface area contributed by atoms with E-state index in [1.165, 1.54) is 0 Å². The molecule has 0 aromatic heterocycles. The van der Waals surface area contributed by atoms with Crippen LogP contribution < -0.4 is 14.8 Å². The Morgan fingerprint density at radius 3 is 2.62 bits per heavy atom. The second-order valence-electron chi connectivity index (χ2n) is 5.01. The van der Waals surface area contributed by atoms with Crippen LogP contribution in [0.25, 0.3) is 0 Å². The topological polar surface area (TPSA) is 50.7 Å². The summed E-state index contributed by atoms with van der Waals surface area (Å²) in [6.45, 7) is 4.47. The van der Waals surface area contributed by atoms with E-state index in [0.29, 0.717) is 6.54 Å². The third-order valence-corrected chi connectivity index (χ3v) is 3.01. The summed E-state index contributed by atoms with van der Waals surface area (Å²) in [7, 11) is 1.61. The van der Waals surface area contributed by atoms with Gasteiger partial charge in [-0.1, -0.05) is 12.1 Å². The number of phenolic OH excluding ortho intramolecular Hbond substituents is 1. The summed E-state index contributed by atoms with van der Waals surface area (Å²) in [4.78, 5) is 0. The van der Waals surface area contributed by atoms with E-state index in [9.17, 15) is 5.11 Å². The maximum absolute atomic E-state index is 9.90. The molecule has 4 nitrogen and oxygen atoms in total. The number of nitrogens with one attached hydrogen (secondary N) is 1. The number of phenols is 1. The second kappa shape index (κ2) is 6.88. The zero-order chi connectivity index (χ0) is 15.2.